The molecule has 0 aliphatic rings. The van der Waals surface area contributed by atoms with Crippen molar-refractivity contribution in [1.82, 2.24) is 10.6 Å². The van der Waals surface area contributed by atoms with E-state index in [9.17, 15) is 14.0 Å². The molecule has 4 nitrogen and oxygen atoms in total. The Morgan fingerprint density at radius 3 is 2.58 bits per heavy atom. The Morgan fingerprint density at radius 2 is 1.95 bits per heavy atom. The molecule has 1 rings (SSSR count). The van der Waals surface area contributed by atoms with Crippen molar-refractivity contribution in [2.45, 2.75) is 6.92 Å². The number of rotatable bonds is 6. The Labute approximate surface area is 116 Å². The van der Waals surface area contributed by atoms with Crippen molar-refractivity contribution in [3.8, 4) is 0 Å². The van der Waals surface area contributed by atoms with E-state index < -0.39 is 5.82 Å². The van der Waals surface area contributed by atoms with Crippen LogP contribution in [0.25, 0.3) is 0 Å². The van der Waals surface area contributed by atoms with Crippen molar-refractivity contribution in [3.05, 3.63) is 35.1 Å². The number of hydrogen-bond donors (Lipinski definition) is 2. The first kappa shape index (κ1) is 15.5. The predicted molar refractivity (Wildman–Crippen MR) is 74.9 cm³/mol. The van der Waals surface area contributed by atoms with E-state index in [4.69, 9.17) is 0 Å². The zero-order chi connectivity index (χ0) is 14.3. The lowest BCUT2D eigenvalue weighted by atomic mass is 10.1. The maximum absolute atomic E-state index is 13.3. The van der Waals surface area contributed by atoms with Crippen molar-refractivity contribution in [3.63, 3.8) is 0 Å². The van der Waals surface area contributed by atoms with Crippen LogP contribution in [0, 0.1) is 12.7 Å². The number of hydrogen-bond acceptors (Lipinski definition) is 3. The highest BCUT2D eigenvalue weighted by Crippen LogP contribution is 2.08. The average Bonchev–Trinajstić information content (AvgIpc) is 2.38. The van der Waals surface area contributed by atoms with E-state index in [0.29, 0.717) is 24.4 Å². The van der Waals surface area contributed by atoms with Crippen molar-refractivity contribution >= 4 is 23.6 Å². The van der Waals surface area contributed by atoms with Gasteiger partial charge < -0.3 is 10.6 Å². The molecule has 0 spiro atoms. The second-order valence-corrected chi connectivity index (χ2v) is 4.87. The molecule has 0 aliphatic heterocycles. The van der Waals surface area contributed by atoms with Gasteiger partial charge in [0.15, 0.2) is 0 Å². The van der Waals surface area contributed by atoms with Gasteiger partial charge in [0.25, 0.3) is 5.91 Å². The summed E-state index contributed by atoms with van der Waals surface area (Å²) < 4.78 is 13.3. The molecule has 19 heavy (non-hydrogen) atoms. The first-order valence-electron chi connectivity index (χ1n) is 5.84. The zero-order valence-electron chi connectivity index (χ0n) is 11.0. The summed E-state index contributed by atoms with van der Waals surface area (Å²) in [6, 6.07) is 4.33. The number of amides is 2. The van der Waals surface area contributed by atoms with Crippen LogP contribution in [-0.2, 0) is 4.79 Å². The molecule has 1 aromatic carbocycles. The average molecular weight is 284 g/mol. The van der Waals surface area contributed by atoms with E-state index in [2.05, 4.69) is 10.6 Å². The van der Waals surface area contributed by atoms with Gasteiger partial charge in [0.2, 0.25) is 5.91 Å². The lowest BCUT2D eigenvalue weighted by Gasteiger charge is -2.07. The minimum absolute atomic E-state index is 0.0665. The second-order valence-electron chi connectivity index (χ2n) is 4.00. The monoisotopic (exact) mass is 284 g/mol. The zero-order valence-corrected chi connectivity index (χ0v) is 11.8. The number of carbonyl (C=O) groups excluding carboxylic acids is 2. The lowest BCUT2D eigenvalue weighted by molar-refractivity contribution is -0.118. The first-order chi connectivity index (χ1) is 9.04. The molecule has 0 atom stereocenters. The van der Waals surface area contributed by atoms with Gasteiger partial charge >= 0.3 is 0 Å². The Balaban J connectivity index is 2.35. The number of benzene rings is 1. The standard InChI is InChI=1S/C13H17FN2O2S/c1-9-3-4-10(7-11(9)14)13(18)16-6-5-15-12(17)8-19-2/h3-4,7H,5-6,8H2,1-2H3,(H,15,17)(H,16,18). The number of halogens is 1. The molecular formula is C13H17FN2O2S. The van der Waals surface area contributed by atoms with Crippen LogP contribution in [0.1, 0.15) is 15.9 Å². The summed E-state index contributed by atoms with van der Waals surface area (Å²) in [7, 11) is 0. The molecule has 0 unspecified atom stereocenters. The van der Waals surface area contributed by atoms with Gasteiger partial charge in [-0.05, 0) is 30.9 Å². The lowest BCUT2D eigenvalue weighted by Crippen LogP contribution is -2.35. The molecule has 0 saturated heterocycles. The first-order valence-corrected chi connectivity index (χ1v) is 7.24. The molecule has 0 saturated carbocycles. The molecule has 0 bridgehead atoms. The third kappa shape index (κ3) is 5.30. The summed E-state index contributed by atoms with van der Waals surface area (Å²) in [5, 5.41) is 5.28. The van der Waals surface area contributed by atoms with Crippen molar-refractivity contribution in [1.29, 1.82) is 0 Å². The van der Waals surface area contributed by atoms with Gasteiger partial charge in [-0.1, -0.05) is 6.07 Å². The van der Waals surface area contributed by atoms with Crippen LogP contribution in [0.15, 0.2) is 18.2 Å². The van der Waals surface area contributed by atoms with Crippen molar-refractivity contribution in [2.24, 2.45) is 0 Å². The summed E-state index contributed by atoms with van der Waals surface area (Å²) >= 11 is 1.43. The third-order valence-corrected chi connectivity index (χ3v) is 2.99. The van der Waals surface area contributed by atoms with E-state index in [1.807, 2.05) is 6.26 Å². The van der Waals surface area contributed by atoms with Gasteiger partial charge in [-0.3, -0.25) is 9.59 Å². The highest BCUT2D eigenvalue weighted by molar-refractivity contribution is 7.99. The van der Waals surface area contributed by atoms with E-state index >= 15 is 0 Å². The quantitative estimate of drug-likeness (QED) is 0.775. The molecule has 2 N–H and O–H groups in total. The summed E-state index contributed by atoms with van der Waals surface area (Å²) in [6.07, 6.45) is 1.84. The predicted octanol–water partition coefficient (Wildman–Crippen LogP) is 1.34. The van der Waals surface area contributed by atoms with Crippen LogP contribution in [0.2, 0.25) is 0 Å². The van der Waals surface area contributed by atoms with Gasteiger partial charge in [-0.15, -0.1) is 0 Å². The Morgan fingerprint density at radius 1 is 1.26 bits per heavy atom. The van der Waals surface area contributed by atoms with Gasteiger partial charge in [0.05, 0.1) is 5.75 Å². The molecule has 0 fully saturated rings. The molecule has 6 heteroatoms. The molecule has 0 aliphatic carbocycles. The van der Waals surface area contributed by atoms with Crippen LogP contribution in [0.3, 0.4) is 0 Å². The summed E-state index contributed by atoms with van der Waals surface area (Å²) in [4.78, 5) is 22.8. The van der Waals surface area contributed by atoms with Crippen LogP contribution < -0.4 is 10.6 Å². The fourth-order valence-electron chi connectivity index (χ4n) is 1.40. The molecule has 0 heterocycles. The number of carbonyl (C=O) groups is 2. The second kappa shape index (κ2) is 7.78. The molecular weight excluding hydrogens is 267 g/mol. The maximum atomic E-state index is 13.3. The molecule has 104 valence electrons. The fraction of sp³-hybridized carbons (Fsp3) is 0.385. The molecule has 0 aromatic heterocycles. The summed E-state index contributed by atoms with van der Waals surface area (Å²) in [5.74, 6) is -0.418. The Bertz CT molecular complexity index is 466. The normalized spacial score (nSPS) is 10.1. The third-order valence-electron chi connectivity index (χ3n) is 2.44. The SMILES string of the molecule is CSCC(=O)NCCNC(=O)c1ccc(C)c(F)c1. The smallest absolute Gasteiger partial charge is 0.251 e. The van der Waals surface area contributed by atoms with Gasteiger partial charge in [-0.25, -0.2) is 4.39 Å². The maximum Gasteiger partial charge on any atom is 0.251 e. The van der Waals surface area contributed by atoms with Gasteiger partial charge in [-0.2, -0.15) is 11.8 Å². The molecule has 2 amide bonds. The summed E-state index contributed by atoms with van der Waals surface area (Å²) in [5.41, 5.74) is 0.777. The topological polar surface area (TPSA) is 58.2 Å². The number of aryl methyl sites for hydroxylation is 1. The highest BCUT2D eigenvalue weighted by Gasteiger charge is 2.07. The Kier molecular flexibility index (Phi) is 6.35. The number of nitrogens with one attached hydrogen (secondary N) is 2. The van der Waals surface area contributed by atoms with Crippen LogP contribution in [-0.4, -0.2) is 36.9 Å². The van der Waals surface area contributed by atoms with Crippen LogP contribution in [0.4, 0.5) is 4.39 Å². The minimum Gasteiger partial charge on any atom is -0.354 e. The molecule has 1 aromatic rings. The fourth-order valence-corrected chi connectivity index (χ4v) is 1.76. The molecule has 0 radical (unpaired) electrons. The summed E-state index contributed by atoms with van der Waals surface area (Å²) in [6.45, 7) is 2.31. The largest absolute Gasteiger partial charge is 0.354 e. The van der Waals surface area contributed by atoms with E-state index in [1.54, 1.807) is 19.1 Å². The van der Waals surface area contributed by atoms with E-state index in [1.165, 1.54) is 17.8 Å². The van der Waals surface area contributed by atoms with E-state index in [0.717, 1.165) is 0 Å². The van der Waals surface area contributed by atoms with E-state index in [-0.39, 0.29) is 17.4 Å². The minimum atomic E-state index is -0.402. The van der Waals surface area contributed by atoms with Crippen LogP contribution >= 0.6 is 11.8 Å². The van der Waals surface area contributed by atoms with Gasteiger partial charge in [0.1, 0.15) is 5.82 Å². The highest BCUT2D eigenvalue weighted by atomic mass is 32.2. The van der Waals surface area contributed by atoms with Crippen molar-refractivity contribution < 1.29 is 14.0 Å². The number of thioether (sulfide) groups is 1. The van der Waals surface area contributed by atoms with Crippen LogP contribution in [0.5, 0.6) is 0 Å². The Hall–Kier alpha value is -1.56. The van der Waals surface area contributed by atoms with Gasteiger partial charge in [0, 0.05) is 18.7 Å². The van der Waals surface area contributed by atoms with Crippen molar-refractivity contribution in [2.75, 3.05) is 25.1 Å².